The van der Waals surface area contributed by atoms with E-state index in [1.165, 1.54) is 16.8 Å². The first-order valence-electron chi connectivity index (χ1n) is 13.9. The van der Waals surface area contributed by atoms with E-state index < -0.39 is 27.9 Å². The van der Waals surface area contributed by atoms with E-state index in [4.69, 9.17) is 11.5 Å². The van der Waals surface area contributed by atoms with Crippen LogP contribution in [0.5, 0.6) is 0 Å². The average molecular weight is 640 g/mol. The molecule has 2 aromatic heterocycles. The Bertz CT molecular complexity index is 1550. The molecule has 1 aliphatic heterocycles. The molecule has 0 aliphatic carbocycles. The number of anilines is 3. The van der Waals surface area contributed by atoms with Gasteiger partial charge in [0, 0.05) is 77.0 Å². The number of aryl methyl sites for hydroxylation is 1. The monoisotopic (exact) mass is 639 g/mol. The van der Waals surface area contributed by atoms with Gasteiger partial charge in [0.1, 0.15) is 39.6 Å². The molecule has 1 fully saturated rings. The highest BCUT2D eigenvalue weighted by atomic mass is 32.2. The molecule has 2 unspecified atom stereocenters. The normalized spacial score (nSPS) is 15.1. The molecule has 3 aromatic rings. The van der Waals surface area contributed by atoms with Gasteiger partial charge in [0.25, 0.3) is 5.91 Å². The van der Waals surface area contributed by atoms with Crippen LogP contribution in [0.4, 0.5) is 17.5 Å². The zero-order chi connectivity index (χ0) is 31.8. The molecule has 1 saturated heterocycles. The first kappa shape index (κ1) is 33.1. The summed E-state index contributed by atoms with van der Waals surface area (Å²) in [6.07, 6.45) is 3.01. The quantitative estimate of drug-likeness (QED) is 0.212. The Kier molecular flexibility index (Phi) is 11.4. The number of carbonyl (C=O) groups is 1. The molecule has 2 atom stereocenters. The summed E-state index contributed by atoms with van der Waals surface area (Å²) in [6, 6.07) is 12.2. The highest BCUT2D eigenvalue weighted by Gasteiger charge is 2.25. The second-order valence-electron chi connectivity index (χ2n) is 10.1. The summed E-state index contributed by atoms with van der Waals surface area (Å²) in [4.78, 5) is 28.9. The van der Waals surface area contributed by atoms with Crippen LogP contribution < -0.4 is 31.3 Å². The smallest absolute Gasteiger partial charge is 0.258 e. The number of hydrogen-bond acceptors (Lipinski definition) is 11. The predicted octanol–water partition coefficient (Wildman–Crippen LogP) is 0.254. The fourth-order valence-electron chi connectivity index (χ4n) is 4.51. The lowest BCUT2D eigenvalue weighted by Gasteiger charge is -2.33. The van der Waals surface area contributed by atoms with Crippen LogP contribution in [0.15, 0.2) is 47.5 Å². The molecule has 1 aromatic carbocycles. The van der Waals surface area contributed by atoms with Gasteiger partial charge in [-0.3, -0.25) is 9.10 Å². The van der Waals surface area contributed by atoms with Gasteiger partial charge >= 0.3 is 0 Å². The average Bonchev–Trinajstić information content (AvgIpc) is 3.04. The Labute approximate surface area is 262 Å². The van der Waals surface area contributed by atoms with E-state index >= 15 is 0 Å². The molecule has 1 amide bonds. The van der Waals surface area contributed by atoms with E-state index in [0.29, 0.717) is 79.3 Å². The number of pyridine rings is 1. The minimum atomic E-state index is -1.46. The van der Waals surface area contributed by atoms with Crippen LogP contribution in [0, 0.1) is 18.3 Å². The second-order valence-corrected chi connectivity index (χ2v) is 13.0. The Morgan fingerprint density at radius 2 is 1.84 bits per heavy atom. The molecule has 234 valence electrons. The molecule has 4 rings (SSSR count). The lowest BCUT2D eigenvalue weighted by Crippen LogP contribution is -2.47. The number of aromatic nitrogens is 3. The minimum absolute atomic E-state index is 0.0605. The maximum atomic E-state index is 13.4. The van der Waals surface area contributed by atoms with Crippen molar-refractivity contribution in [2.24, 2.45) is 11.5 Å². The summed E-state index contributed by atoms with van der Waals surface area (Å²) in [5.41, 5.74) is 14.1. The molecule has 16 heteroatoms. The molecule has 3 heterocycles. The van der Waals surface area contributed by atoms with Gasteiger partial charge in [0.05, 0.1) is 16.1 Å². The Hall–Kier alpha value is -3.85. The van der Waals surface area contributed by atoms with Gasteiger partial charge in [0.2, 0.25) is 5.95 Å². The van der Waals surface area contributed by atoms with Gasteiger partial charge in [-0.15, -0.1) is 0 Å². The molecular formula is C28H37N11O3S2. The summed E-state index contributed by atoms with van der Waals surface area (Å²) in [6.45, 7) is 5.14. The summed E-state index contributed by atoms with van der Waals surface area (Å²) in [5, 5.41) is 15.3. The molecule has 14 nitrogen and oxygen atoms in total. The van der Waals surface area contributed by atoms with E-state index in [9.17, 15) is 18.5 Å². The maximum Gasteiger partial charge on any atom is 0.258 e. The second kappa shape index (κ2) is 15.2. The topological polar surface area (TPSA) is 199 Å². The fourth-order valence-corrected chi connectivity index (χ4v) is 6.07. The summed E-state index contributed by atoms with van der Waals surface area (Å²) < 4.78 is 28.9. The number of hydrogen-bond donors (Lipinski definition) is 4. The number of nitrogens with two attached hydrogens (primary N) is 2. The number of carbonyl (C=O) groups excluding carboxylic acids is 1. The molecular weight excluding hydrogens is 603 g/mol. The first-order valence-corrected chi connectivity index (χ1v) is 16.5. The highest BCUT2D eigenvalue weighted by Crippen LogP contribution is 2.24. The third kappa shape index (κ3) is 8.20. The number of amides is 1. The van der Waals surface area contributed by atoms with E-state index in [1.807, 2.05) is 22.2 Å². The molecule has 1 aliphatic rings. The van der Waals surface area contributed by atoms with Gasteiger partial charge in [0.15, 0.2) is 0 Å². The number of nitrogens with one attached hydrogen (secondary N) is 2. The SMILES string of the molecule is Cc1cc(C#N)nc(N2CCN(S(=O)c3ccc(NC(=O)c4cc(CNC(CN)CN)ccc4N(C)S(C)=O)nc3)CC2)n1. The van der Waals surface area contributed by atoms with E-state index in [1.54, 1.807) is 37.4 Å². The predicted molar refractivity (Wildman–Crippen MR) is 172 cm³/mol. The molecule has 0 saturated carbocycles. The van der Waals surface area contributed by atoms with E-state index in [2.05, 4.69) is 31.7 Å². The number of rotatable bonds is 12. The highest BCUT2D eigenvalue weighted by molar-refractivity contribution is 7.85. The Morgan fingerprint density at radius 1 is 1.11 bits per heavy atom. The van der Waals surface area contributed by atoms with Crippen molar-refractivity contribution >= 4 is 45.3 Å². The van der Waals surface area contributed by atoms with Crippen LogP contribution in [-0.4, -0.2) is 92.2 Å². The van der Waals surface area contributed by atoms with E-state index in [-0.39, 0.29) is 11.9 Å². The largest absolute Gasteiger partial charge is 0.338 e. The van der Waals surface area contributed by atoms with Crippen molar-refractivity contribution in [3.8, 4) is 6.07 Å². The van der Waals surface area contributed by atoms with Crippen molar-refractivity contribution in [1.82, 2.24) is 24.6 Å². The molecule has 0 radical (unpaired) electrons. The fraction of sp³-hybridized carbons (Fsp3) is 0.393. The van der Waals surface area contributed by atoms with Crippen molar-refractivity contribution in [2.45, 2.75) is 24.4 Å². The standard InChI is InChI=1S/C28H37N11O3S2/c1-19-12-21(14-29)35-28(34-19)38-8-10-39(11-9-38)44(42)23-5-7-26(33-18-23)36-27(40)24-13-20(17-32-22(15-30)16-31)4-6-25(24)37(2)43(3)41/h4-7,12-13,18,22,32H,8-11,15-17,30-31H2,1-3H3,(H,33,36,40). The molecule has 6 N–H and O–H groups in total. The summed E-state index contributed by atoms with van der Waals surface area (Å²) in [7, 11) is -1.16. The van der Waals surface area contributed by atoms with Gasteiger partial charge in [-0.25, -0.2) is 27.7 Å². The number of nitrogens with zero attached hydrogens (tertiary/aromatic N) is 7. The summed E-state index contributed by atoms with van der Waals surface area (Å²) in [5.74, 6) is 0.348. The van der Waals surface area contributed by atoms with Crippen LogP contribution in [0.2, 0.25) is 0 Å². The van der Waals surface area contributed by atoms with Crippen molar-refractivity contribution < 1.29 is 13.2 Å². The van der Waals surface area contributed by atoms with Crippen LogP contribution in [0.3, 0.4) is 0 Å². The molecule has 0 bridgehead atoms. The van der Waals surface area contributed by atoms with Crippen molar-refractivity contribution in [1.29, 1.82) is 5.26 Å². The van der Waals surface area contributed by atoms with Crippen LogP contribution >= 0.6 is 0 Å². The third-order valence-corrected chi connectivity index (χ3v) is 9.53. The van der Waals surface area contributed by atoms with Crippen molar-refractivity contribution in [3.63, 3.8) is 0 Å². The zero-order valence-corrected chi connectivity index (χ0v) is 26.5. The van der Waals surface area contributed by atoms with Crippen LogP contribution in [-0.2, 0) is 28.5 Å². The number of nitriles is 1. The third-order valence-electron chi connectivity index (χ3n) is 7.09. The lowest BCUT2D eigenvalue weighted by atomic mass is 10.1. The van der Waals surface area contributed by atoms with Crippen LogP contribution in [0.1, 0.15) is 27.3 Å². The zero-order valence-electron chi connectivity index (χ0n) is 24.9. The molecule has 0 spiro atoms. The van der Waals surface area contributed by atoms with Crippen LogP contribution in [0.25, 0.3) is 0 Å². The van der Waals surface area contributed by atoms with Gasteiger partial charge in [-0.2, -0.15) is 5.26 Å². The van der Waals surface area contributed by atoms with Gasteiger partial charge in [-0.05, 0) is 42.8 Å². The van der Waals surface area contributed by atoms with Gasteiger partial charge < -0.3 is 27.0 Å². The van der Waals surface area contributed by atoms with Crippen molar-refractivity contribution in [2.75, 3.05) is 67.1 Å². The number of piperazine rings is 1. The minimum Gasteiger partial charge on any atom is -0.338 e. The Balaban J connectivity index is 1.42. The molecule has 44 heavy (non-hydrogen) atoms. The first-order chi connectivity index (χ1) is 21.1. The van der Waals surface area contributed by atoms with Crippen molar-refractivity contribution in [3.05, 3.63) is 65.1 Å². The van der Waals surface area contributed by atoms with E-state index in [0.717, 1.165) is 5.56 Å². The number of benzene rings is 1. The Morgan fingerprint density at radius 3 is 2.45 bits per heavy atom. The maximum absolute atomic E-state index is 13.4. The summed E-state index contributed by atoms with van der Waals surface area (Å²) >= 11 is 0. The lowest BCUT2D eigenvalue weighted by molar-refractivity contribution is 0.102. The van der Waals surface area contributed by atoms with Gasteiger partial charge in [-0.1, -0.05) is 6.07 Å².